The molecule has 0 atom stereocenters. The quantitative estimate of drug-likeness (QED) is 0.458. The third-order valence-corrected chi connectivity index (χ3v) is 2.97. The normalized spacial score (nSPS) is 9.57. The Labute approximate surface area is 102 Å². The fraction of sp³-hybridized carbons (Fsp3) is 0.111. The summed E-state index contributed by atoms with van der Waals surface area (Å²) < 4.78 is 13.7. The van der Waals surface area contributed by atoms with Crippen molar-refractivity contribution in [3.63, 3.8) is 0 Å². The summed E-state index contributed by atoms with van der Waals surface area (Å²) in [5.41, 5.74) is -0.0522. The van der Waals surface area contributed by atoms with Gasteiger partial charge in [0.25, 0.3) is 0 Å². The van der Waals surface area contributed by atoms with Crippen molar-refractivity contribution >= 4 is 44.3 Å². The van der Waals surface area contributed by atoms with E-state index in [2.05, 4.69) is 15.9 Å². The molecule has 1 rings (SSSR count). The number of carbonyl (C=O) groups is 1. The van der Waals surface area contributed by atoms with Gasteiger partial charge in [-0.1, -0.05) is 15.9 Å². The minimum Gasteiger partial charge on any atom is -0.293 e. The molecule has 14 heavy (non-hydrogen) atoms. The summed E-state index contributed by atoms with van der Waals surface area (Å²) in [5.74, 6) is -0.920. The van der Waals surface area contributed by atoms with Crippen LogP contribution in [-0.2, 0) is 0 Å². The van der Waals surface area contributed by atoms with Crippen LogP contribution in [0.25, 0.3) is 0 Å². The summed E-state index contributed by atoms with van der Waals surface area (Å²) >= 11 is 4.75. The summed E-state index contributed by atoms with van der Waals surface area (Å²) in [4.78, 5) is 11.3. The monoisotopic (exact) mass is 367 g/mol. The predicted octanol–water partition coefficient (Wildman–Crippen LogP) is 2.88. The highest BCUT2D eigenvalue weighted by Crippen LogP contribution is 2.19. The maximum absolute atomic E-state index is 13.4. The Hall–Kier alpha value is -0.480. The van der Waals surface area contributed by atoms with Crippen molar-refractivity contribution < 1.29 is 9.18 Å². The van der Waals surface area contributed by atoms with Gasteiger partial charge in [-0.05, 0) is 34.7 Å². The summed E-state index contributed by atoms with van der Waals surface area (Å²) in [6.07, 6.45) is 0. The molecule has 1 aromatic carbocycles. The Morgan fingerprint density at radius 3 is 2.79 bits per heavy atom. The third kappa shape index (κ3) is 2.12. The van der Waals surface area contributed by atoms with E-state index in [1.54, 1.807) is 28.7 Å². The van der Waals surface area contributed by atoms with Crippen molar-refractivity contribution in [1.82, 2.24) is 0 Å². The smallest absolute Gasteiger partial charge is 0.174 e. The topological polar surface area (TPSA) is 40.9 Å². The van der Waals surface area contributed by atoms with Gasteiger partial charge in [0.2, 0.25) is 0 Å². The van der Waals surface area contributed by atoms with Crippen LogP contribution in [0.3, 0.4) is 0 Å². The van der Waals surface area contributed by atoms with E-state index in [0.717, 1.165) is 0 Å². The first-order valence-electron chi connectivity index (χ1n) is 3.59. The van der Waals surface area contributed by atoms with Crippen LogP contribution in [0.2, 0.25) is 0 Å². The molecule has 0 aliphatic heterocycles. The van der Waals surface area contributed by atoms with Crippen molar-refractivity contribution in [3.05, 3.63) is 32.6 Å². The molecule has 0 bridgehead atoms. The maximum Gasteiger partial charge on any atom is 0.174 e. The summed E-state index contributed by atoms with van der Waals surface area (Å²) in [5, 5.41) is 8.79. The second-order valence-electron chi connectivity index (χ2n) is 2.45. The van der Waals surface area contributed by atoms with Crippen molar-refractivity contribution in [2.45, 2.75) is 0 Å². The highest BCUT2D eigenvalue weighted by Gasteiger charge is 2.16. The van der Waals surface area contributed by atoms with Crippen molar-refractivity contribution in [2.75, 3.05) is 5.33 Å². The lowest BCUT2D eigenvalue weighted by atomic mass is 10.1. The van der Waals surface area contributed by atoms with E-state index < -0.39 is 5.82 Å². The Bertz CT molecular complexity index is 428. The molecule has 5 heteroatoms. The van der Waals surface area contributed by atoms with Crippen molar-refractivity contribution in [3.8, 4) is 6.07 Å². The first-order chi connectivity index (χ1) is 6.61. The second kappa shape index (κ2) is 4.84. The van der Waals surface area contributed by atoms with Crippen LogP contribution in [0.1, 0.15) is 15.9 Å². The van der Waals surface area contributed by atoms with E-state index in [1.807, 2.05) is 0 Å². The standard InChI is InChI=1S/C9H4BrFINO/c10-3-8(14)5-1-2-7(12)9(11)6(5)4-13/h1-2H,3H2. The van der Waals surface area contributed by atoms with Gasteiger partial charge in [0.05, 0.1) is 14.5 Å². The van der Waals surface area contributed by atoms with Gasteiger partial charge in [-0.2, -0.15) is 5.26 Å². The van der Waals surface area contributed by atoms with Gasteiger partial charge in [0.1, 0.15) is 6.07 Å². The molecule has 0 radical (unpaired) electrons. The van der Waals surface area contributed by atoms with Crippen molar-refractivity contribution in [2.24, 2.45) is 0 Å². The molecule has 2 nitrogen and oxygen atoms in total. The Morgan fingerprint density at radius 2 is 2.29 bits per heavy atom. The van der Waals surface area contributed by atoms with Crippen LogP contribution in [-0.4, -0.2) is 11.1 Å². The Balaban J connectivity index is 3.40. The van der Waals surface area contributed by atoms with E-state index in [-0.39, 0.29) is 22.2 Å². The summed E-state index contributed by atoms with van der Waals surface area (Å²) in [7, 11) is 0. The number of hydrogen-bond donors (Lipinski definition) is 0. The van der Waals surface area contributed by atoms with Gasteiger partial charge < -0.3 is 0 Å². The molecule has 1 aromatic rings. The zero-order chi connectivity index (χ0) is 10.7. The van der Waals surface area contributed by atoms with Gasteiger partial charge in [0, 0.05) is 5.56 Å². The van der Waals surface area contributed by atoms with Crippen molar-refractivity contribution in [1.29, 1.82) is 5.26 Å². The summed E-state index contributed by atoms with van der Waals surface area (Å²) in [6, 6.07) is 4.64. The molecule has 72 valence electrons. The molecule has 0 spiro atoms. The molecule has 0 amide bonds. The average Bonchev–Trinajstić information content (AvgIpc) is 2.20. The SMILES string of the molecule is N#Cc1c(C(=O)CBr)ccc(I)c1F. The molecule has 0 N–H and O–H groups in total. The molecule has 0 unspecified atom stereocenters. The number of benzene rings is 1. The molecule has 0 aromatic heterocycles. The number of carbonyl (C=O) groups excluding carboxylic acids is 1. The average molecular weight is 368 g/mol. The lowest BCUT2D eigenvalue weighted by molar-refractivity contribution is 0.102. The number of ketones is 1. The number of nitrogens with zero attached hydrogens (tertiary/aromatic N) is 1. The number of hydrogen-bond acceptors (Lipinski definition) is 2. The van der Waals surface area contributed by atoms with E-state index in [4.69, 9.17) is 5.26 Å². The third-order valence-electron chi connectivity index (χ3n) is 1.63. The van der Waals surface area contributed by atoms with Crippen LogP contribution in [0.5, 0.6) is 0 Å². The van der Waals surface area contributed by atoms with Gasteiger partial charge in [-0.25, -0.2) is 4.39 Å². The van der Waals surface area contributed by atoms with Crippen LogP contribution in [0, 0.1) is 20.7 Å². The van der Waals surface area contributed by atoms with Crippen LogP contribution in [0.4, 0.5) is 4.39 Å². The zero-order valence-corrected chi connectivity index (χ0v) is 10.6. The number of rotatable bonds is 2. The lowest BCUT2D eigenvalue weighted by Gasteiger charge is -2.02. The van der Waals surface area contributed by atoms with E-state index in [9.17, 15) is 9.18 Å². The largest absolute Gasteiger partial charge is 0.293 e. The molecular formula is C9H4BrFINO. The minimum atomic E-state index is -0.625. The van der Waals surface area contributed by atoms with E-state index >= 15 is 0 Å². The van der Waals surface area contributed by atoms with E-state index in [0.29, 0.717) is 3.57 Å². The fourth-order valence-electron chi connectivity index (χ4n) is 0.964. The molecular weight excluding hydrogens is 364 g/mol. The van der Waals surface area contributed by atoms with Gasteiger partial charge >= 0.3 is 0 Å². The maximum atomic E-state index is 13.4. The molecule has 0 aliphatic rings. The van der Waals surface area contributed by atoms with E-state index in [1.165, 1.54) is 12.1 Å². The molecule has 0 saturated heterocycles. The molecule has 0 fully saturated rings. The highest BCUT2D eigenvalue weighted by molar-refractivity contribution is 14.1. The molecule has 0 heterocycles. The predicted molar refractivity (Wildman–Crippen MR) is 62.0 cm³/mol. The number of halogens is 3. The molecule has 0 saturated carbocycles. The zero-order valence-electron chi connectivity index (χ0n) is 6.85. The Morgan fingerprint density at radius 1 is 1.64 bits per heavy atom. The minimum absolute atomic E-state index is 0.0850. The fourth-order valence-corrected chi connectivity index (χ4v) is 1.72. The molecule has 0 aliphatic carbocycles. The number of alkyl halides is 1. The van der Waals surface area contributed by atoms with Gasteiger partial charge in [0.15, 0.2) is 11.6 Å². The number of Topliss-reactive ketones (excluding diaryl/α,β-unsaturated/α-hetero) is 1. The second-order valence-corrected chi connectivity index (χ2v) is 4.18. The first-order valence-corrected chi connectivity index (χ1v) is 5.79. The van der Waals surface area contributed by atoms with Crippen LogP contribution in [0.15, 0.2) is 12.1 Å². The van der Waals surface area contributed by atoms with Gasteiger partial charge in [-0.15, -0.1) is 0 Å². The van der Waals surface area contributed by atoms with Crippen LogP contribution >= 0.6 is 38.5 Å². The highest BCUT2D eigenvalue weighted by atomic mass is 127. The first kappa shape index (κ1) is 11.6. The van der Waals surface area contributed by atoms with Gasteiger partial charge in [-0.3, -0.25) is 4.79 Å². The summed E-state index contributed by atoms with van der Waals surface area (Å²) in [6.45, 7) is 0. The Kier molecular flexibility index (Phi) is 4.01. The van der Waals surface area contributed by atoms with Crippen LogP contribution < -0.4 is 0 Å². The lowest BCUT2D eigenvalue weighted by Crippen LogP contribution is -2.05. The number of nitriles is 1.